The molecule has 9 heteroatoms. The highest BCUT2D eigenvalue weighted by molar-refractivity contribution is 5.90. The van der Waals surface area contributed by atoms with Crippen LogP contribution >= 0.6 is 0 Å². The maximum absolute atomic E-state index is 12.2. The summed E-state index contributed by atoms with van der Waals surface area (Å²) in [5, 5.41) is 12.7. The Bertz CT molecular complexity index is 746. The first kappa shape index (κ1) is 18.3. The number of aliphatic hydroxyl groups is 1. The molecule has 3 heterocycles. The van der Waals surface area contributed by atoms with Gasteiger partial charge in [0.1, 0.15) is 5.82 Å². The van der Waals surface area contributed by atoms with Crippen LogP contribution in [0.25, 0.3) is 0 Å². The maximum atomic E-state index is 12.2. The zero-order valence-corrected chi connectivity index (χ0v) is 15.3. The van der Waals surface area contributed by atoms with E-state index in [1.807, 2.05) is 41.7 Å². The molecule has 3 rings (SSSR count). The van der Waals surface area contributed by atoms with Crippen molar-refractivity contribution in [1.82, 2.24) is 24.4 Å². The Morgan fingerprint density at radius 1 is 1.31 bits per heavy atom. The van der Waals surface area contributed by atoms with Crippen LogP contribution in [0.5, 0.6) is 0 Å². The molecule has 0 radical (unpaired) electrons. The van der Waals surface area contributed by atoms with Gasteiger partial charge in [-0.05, 0) is 7.05 Å². The molecule has 0 bridgehead atoms. The molecule has 2 aromatic heterocycles. The molecular formula is C17H25N7O2. The predicted octanol–water partition coefficient (Wildman–Crippen LogP) is 0.0976. The van der Waals surface area contributed by atoms with Crippen molar-refractivity contribution < 1.29 is 9.90 Å². The smallest absolute Gasteiger partial charge is 0.225 e. The van der Waals surface area contributed by atoms with Gasteiger partial charge < -0.3 is 24.8 Å². The topological polar surface area (TPSA) is 99.4 Å². The van der Waals surface area contributed by atoms with Gasteiger partial charge in [-0.15, -0.1) is 0 Å². The number of hydrogen-bond donors (Lipinski definition) is 2. The normalized spacial score (nSPS) is 20.3. The third-order valence-corrected chi connectivity index (χ3v) is 4.60. The second-order valence-corrected chi connectivity index (χ2v) is 6.88. The number of rotatable bonds is 6. The molecule has 1 amide bonds. The molecule has 0 saturated carbocycles. The zero-order valence-electron chi connectivity index (χ0n) is 15.3. The van der Waals surface area contributed by atoms with E-state index in [0.717, 1.165) is 12.4 Å². The highest BCUT2D eigenvalue weighted by Gasteiger charge is 2.30. The Balaban J connectivity index is 1.54. The first-order valence-corrected chi connectivity index (χ1v) is 8.58. The van der Waals surface area contributed by atoms with E-state index in [4.69, 9.17) is 0 Å². The third kappa shape index (κ3) is 4.36. The van der Waals surface area contributed by atoms with Gasteiger partial charge in [0.15, 0.2) is 0 Å². The summed E-state index contributed by atoms with van der Waals surface area (Å²) in [4.78, 5) is 29.0. The summed E-state index contributed by atoms with van der Waals surface area (Å²) in [7, 11) is 5.77. The molecule has 1 fully saturated rings. The molecule has 1 aliphatic heterocycles. The number of hydrogen-bond acceptors (Lipinski definition) is 7. The molecule has 2 atom stereocenters. The summed E-state index contributed by atoms with van der Waals surface area (Å²) in [6, 6.07) is 0. The molecule has 0 unspecified atom stereocenters. The summed E-state index contributed by atoms with van der Waals surface area (Å²) in [6.45, 7) is 1.92. The minimum Gasteiger partial charge on any atom is -0.391 e. The van der Waals surface area contributed by atoms with Crippen molar-refractivity contribution in [3.63, 3.8) is 0 Å². The van der Waals surface area contributed by atoms with Crippen LogP contribution in [-0.4, -0.2) is 68.7 Å². The molecule has 1 aliphatic rings. The van der Waals surface area contributed by atoms with Crippen LogP contribution in [0.2, 0.25) is 0 Å². The van der Waals surface area contributed by atoms with E-state index in [1.54, 1.807) is 18.6 Å². The molecule has 1 saturated heterocycles. The predicted molar refractivity (Wildman–Crippen MR) is 97.6 cm³/mol. The third-order valence-electron chi connectivity index (χ3n) is 4.60. The van der Waals surface area contributed by atoms with Gasteiger partial charge in [0.25, 0.3) is 0 Å². The summed E-state index contributed by atoms with van der Waals surface area (Å²) in [5.41, 5.74) is 0.546. The van der Waals surface area contributed by atoms with E-state index in [9.17, 15) is 9.90 Å². The lowest BCUT2D eigenvalue weighted by Crippen LogP contribution is -2.24. The van der Waals surface area contributed by atoms with Crippen LogP contribution in [0.4, 0.5) is 11.6 Å². The van der Waals surface area contributed by atoms with Gasteiger partial charge in [0.2, 0.25) is 11.9 Å². The summed E-state index contributed by atoms with van der Waals surface area (Å²) in [6.07, 6.45) is 6.65. The van der Waals surface area contributed by atoms with Gasteiger partial charge in [0.05, 0.1) is 30.7 Å². The van der Waals surface area contributed by atoms with E-state index in [-0.39, 0.29) is 18.2 Å². The number of carbonyl (C=O) groups is 1. The van der Waals surface area contributed by atoms with Gasteiger partial charge in [-0.1, -0.05) is 0 Å². The maximum Gasteiger partial charge on any atom is 0.225 e. The second-order valence-electron chi connectivity index (χ2n) is 6.88. The minimum atomic E-state index is -0.454. The minimum absolute atomic E-state index is 0.0379. The number of nitrogens with one attached hydrogen (secondary N) is 1. The molecule has 0 aromatic carbocycles. The summed E-state index contributed by atoms with van der Waals surface area (Å²) in [5.74, 6) is 1.29. The van der Waals surface area contributed by atoms with Gasteiger partial charge in [0, 0.05) is 51.9 Å². The monoisotopic (exact) mass is 359 g/mol. The Hall–Kier alpha value is -2.52. The number of β-amino-alcohol motifs (C(OH)–C–C–N with tert-alkyl or cyclic N) is 1. The molecular weight excluding hydrogens is 334 g/mol. The number of aliphatic hydroxyl groups excluding tert-OH is 1. The molecule has 2 aromatic rings. The largest absolute Gasteiger partial charge is 0.391 e. The van der Waals surface area contributed by atoms with Crippen LogP contribution in [0.15, 0.2) is 24.8 Å². The molecule has 0 spiro atoms. The van der Waals surface area contributed by atoms with E-state index in [0.29, 0.717) is 24.7 Å². The van der Waals surface area contributed by atoms with E-state index < -0.39 is 6.10 Å². The molecule has 2 N–H and O–H groups in total. The van der Waals surface area contributed by atoms with Crippen molar-refractivity contribution >= 4 is 17.5 Å². The lowest BCUT2D eigenvalue weighted by molar-refractivity contribution is -0.117. The lowest BCUT2D eigenvalue weighted by Gasteiger charge is -2.17. The van der Waals surface area contributed by atoms with Crippen LogP contribution in [0, 0.1) is 5.92 Å². The fourth-order valence-electron chi connectivity index (χ4n) is 3.13. The zero-order chi connectivity index (χ0) is 18.7. The first-order valence-electron chi connectivity index (χ1n) is 8.58. The number of anilines is 2. The highest BCUT2D eigenvalue weighted by Crippen LogP contribution is 2.20. The van der Waals surface area contributed by atoms with Crippen molar-refractivity contribution in [2.75, 3.05) is 37.4 Å². The average molecular weight is 359 g/mol. The van der Waals surface area contributed by atoms with Crippen LogP contribution in [0.1, 0.15) is 12.2 Å². The van der Waals surface area contributed by atoms with E-state index in [1.165, 1.54) is 0 Å². The second kappa shape index (κ2) is 7.79. The molecule has 140 valence electrons. The number of imidazole rings is 1. The van der Waals surface area contributed by atoms with E-state index >= 15 is 0 Å². The number of carbonyl (C=O) groups excluding carboxylic acids is 1. The number of likely N-dealkylation sites (tertiary alicyclic amines) is 1. The van der Waals surface area contributed by atoms with Crippen molar-refractivity contribution in [3.8, 4) is 0 Å². The van der Waals surface area contributed by atoms with Crippen LogP contribution in [0.3, 0.4) is 0 Å². The fourth-order valence-corrected chi connectivity index (χ4v) is 3.13. The SMILES string of the molecule is CN1C[C@@H](CC(=O)Nc2cnc(N(C)Cc3nccn3C)nc2)[C@H](O)C1. The summed E-state index contributed by atoms with van der Waals surface area (Å²) < 4.78 is 1.94. The standard InChI is InChI=1S/C17H25N7O2/c1-22-9-12(14(25)10-22)6-16(26)21-13-7-19-17(20-8-13)24(3)11-15-18-4-5-23(15)2/h4-5,7-8,12,14,25H,6,9-11H2,1-3H3,(H,21,26)/t12-,14-/m1/s1. The van der Waals surface area contributed by atoms with E-state index in [2.05, 4.69) is 20.3 Å². The van der Waals surface area contributed by atoms with Crippen molar-refractivity contribution in [1.29, 1.82) is 0 Å². The van der Waals surface area contributed by atoms with Crippen LogP contribution < -0.4 is 10.2 Å². The van der Waals surface area contributed by atoms with Crippen molar-refractivity contribution in [3.05, 3.63) is 30.6 Å². The quantitative estimate of drug-likeness (QED) is 0.754. The van der Waals surface area contributed by atoms with Gasteiger partial charge >= 0.3 is 0 Å². The molecule has 0 aliphatic carbocycles. The first-order chi connectivity index (χ1) is 12.4. The summed E-state index contributed by atoms with van der Waals surface area (Å²) >= 11 is 0. The number of amides is 1. The van der Waals surface area contributed by atoms with Crippen LogP contribution in [-0.2, 0) is 18.4 Å². The Morgan fingerprint density at radius 3 is 2.62 bits per heavy atom. The van der Waals surface area contributed by atoms with Gasteiger partial charge in [-0.3, -0.25) is 4.79 Å². The average Bonchev–Trinajstić information content (AvgIpc) is 3.13. The Kier molecular flexibility index (Phi) is 5.48. The highest BCUT2D eigenvalue weighted by atomic mass is 16.3. The fraction of sp³-hybridized carbons (Fsp3) is 0.529. The van der Waals surface area contributed by atoms with Gasteiger partial charge in [-0.25, -0.2) is 15.0 Å². The lowest BCUT2D eigenvalue weighted by atomic mass is 10.0. The number of aryl methyl sites for hydroxylation is 1. The van der Waals surface area contributed by atoms with Crippen molar-refractivity contribution in [2.45, 2.75) is 19.1 Å². The molecule has 9 nitrogen and oxygen atoms in total. The Morgan fingerprint density at radius 2 is 2.04 bits per heavy atom. The number of aromatic nitrogens is 4. The van der Waals surface area contributed by atoms with Crippen molar-refractivity contribution in [2.24, 2.45) is 13.0 Å². The molecule has 26 heavy (non-hydrogen) atoms. The Labute approximate surface area is 152 Å². The number of likely N-dealkylation sites (N-methyl/N-ethyl adjacent to an activating group) is 1. The number of nitrogens with zero attached hydrogens (tertiary/aromatic N) is 6. The van der Waals surface area contributed by atoms with Gasteiger partial charge in [-0.2, -0.15) is 0 Å².